The number of hydrogen-bond donors (Lipinski definition) is 1. The predicted octanol–water partition coefficient (Wildman–Crippen LogP) is 4.46. The van der Waals surface area contributed by atoms with Crippen LogP contribution in [0, 0.1) is 0 Å². The first-order chi connectivity index (χ1) is 9.55. The lowest BCUT2D eigenvalue weighted by Crippen LogP contribution is -2.00. The molecule has 0 saturated carbocycles. The monoisotopic (exact) mass is 376 g/mol. The summed E-state index contributed by atoms with van der Waals surface area (Å²) in [4.78, 5) is 0.830. The van der Waals surface area contributed by atoms with Gasteiger partial charge in [0, 0.05) is 11.3 Å². The summed E-state index contributed by atoms with van der Waals surface area (Å²) in [5.41, 5.74) is 0.968. The van der Waals surface area contributed by atoms with Gasteiger partial charge in [0.25, 0.3) is 0 Å². The summed E-state index contributed by atoms with van der Waals surface area (Å²) in [7, 11) is 3.19. The molecule has 0 fully saturated rings. The Balaban J connectivity index is 2.17. The number of aliphatic hydroxyl groups is 1. The molecule has 1 unspecified atom stereocenters. The van der Waals surface area contributed by atoms with Crippen LogP contribution in [0.25, 0.3) is 0 Å². The van der Waals surface area contributed by atoms with Crippen molar-refractivity contribution in [3.63, 3.8) is 0 Å². The summed E-state index contributed by atoms with van der Waals surface area (Å²) < 4.78 is 11.3. The number of benzene rings is 1. The van der Waals surface area contributed by atoms with Gasteiger partial charge in [0.05, 0.1) is 29.1 Å². The average molecular weight is 378 g/mol. The molecule has 6 heteroatoms. The van der Waals surface area contributed by atoms with Gasteiger partial charge in [0.2, 0.25) is 0 Å². The van der Waals surface area contributed by atoms with E-state index in [1.165, 1.54) is 11.3 Å². The Morgan fingerprint density at radius 3 is 2.50 bits per heavy atom. The van der Waals surface area contributed by atoms with Crippen molar-refractivity contribution in [3.05, 3.63) is 43.5 Å². The van der Waals surface area contributed by atoms with Gasteiger partial charge < -0.3 is 14.6 Å². The van der Waals surface area contributed by atoms with E-state index in [4.69, 9.17) is 21.1 Å². The van der Waals surface area contributed by atoms with Crippen LogP contribution in [0.1, 0.15) is 16.5 Å². The van der Waals surface area contributed by atoms with Crippen LogP contribution in [0.4, 0.5) is 0 Å². The van der Waals surface area contributed by atoms with Gasteiger partial charge in [-0.25, -0.2) is 0 Å². The minimum absolute atomic E-state index is 0.490. The highest BCUT2D eigenvalue weighted by Crippen LogP contribution is 2.37. The topological polar surface area (TPSA) is 38.7 Å². The zero-order valence-electron chi connectivity index (χ0n) is 11.0. The van der Waals surface area contributed by atoms with Crippen molar-refractivity contribution in [1.29, 1.82) is 0 Å². The highest BCUT2D eigenvalue weighted by molar-refractivity contribution is 9.11. The Labute approximate surface area is 135 Å². The maximum absolute atomic E-state index is 10.3. The number of ether oxygens (including phenoxy) is 2. The maximum Gasteiger partial charge on any atom is 0.160 e. The standard InChI is InChI=1S/C14H14BrClO3S/c1-18-11-4-3-8(6-12(11)19-2)5-10(17)13-7-9(16)14(15)20-13/h3-4,6-7,10,17H,5H2,1-2H3. The van der Waals surface area contributed by atoms with E-state index in [9.17, 15) is 5.11 Å². The first-order valence-electron chi connectivity index (χ1n) is 5.89. The second kappa shape index (κ2) is 6.80. The molecular weight excluding hydrogens is 364 g/mol. The second-order valence-corrected chi connectivity index (χ2v) is 6.99. The summed E-state index contributed by atoms with van der Waals surface area (Å²) in [6, 6.07) is 7.39. The van der Waals surface area contributed by atoms with Crippen molar-refractivity contribution >= 4 is 38.9 Å². The third-order valence-electron chi connectivity index (χ3n) is 2.87. The molecule has 1 heterocycles. The number of hydrogen-bond acceptors (Lipinski definition) is 4. The molecule has 0 spiro atoms. The molecule has 0 aliphatic rings. The van der Waals surface area contributed by atoms with Crippen LogP contribution in [0.2, 0.25) is 5.02 Å². The van der Waals surface area contributed by atoms with Crippen molar-refractivity contribution in [2.24, 2.45) is 0 Å². The van der Waals surface area contributed by atoms with Crippen LogP contribution in [0.3, 0.4) is 0 Å². The van der Waals surface area contributed by atoms with Gasteiger partial charge in [-0.15, -0.1) is 11.3 Å². The zero-order valence-corrected chi connectivity index (χ0v) is 14.2. The largest absolute Gasteiger partial charge is 0.493 e. The van der Waals surface area contributed by atoms with Crippen molar-refractivity contribution in [1.82, 2.24) is 0 Å². The van der Waals surface area contributed by atoms with E-state index in [0.717, 1.165) is 14.2 Å². The van der Waals surface area contributed by atoms with Crippen LogP contribution >= 0.6 is 38.9 Å². The number of methoxy groups -OCH3 is 2. The molecule has 0 amide bonds. The third-order valence-corrected chi connectivity index (χ3v) is 5.45. The predicted molar refractivity (Wildman–Crippen MR) is 85.2 cm³/mol. The van der Waals surface area contributed by atoms with Crippen LogP contribution < -0.4 is 9.47 Å². The van der Waals surface area contributed by atoms with Crippen LogP contribution in [-0.4, -0.2) is 19.3 Å². The lowest BCUT2D eigenvalue weighted by atomic mass is 10.1. The van der Waals surface area contributed by atoms with Gasteiger partial charge in [-0.05, 0) is 39.7 Å². The molecule has 2 aromatic rings. The van der Waals surface area contributed by atoms with Gasteiger partial charge in [-0.2, -0.15) is 0 Å². The maximum atomic E-state index is 10.3. The fourth-order valence-electron chi connectivity index (χ4n) is 1.86. The lowest BCUT2D eigenvalue weighted by molar-refractivity contribution is 0.182. The summed E-state index contributed by atoms with van der Waals surface area (Å²) in [5.74, 6) is 1.33. The Hall–Kier alpha value is -0.750. The molecule has 0 bridgehead atoms. The molecule has 1 N–H and O–H groups in total. The van der Waals surface area contributed by atoms with Crippen LogP contribution in [0.15, 0.2) is 28.1 Å². The van der Waals surface area contributed by atoms with E-state index < -0.39 is 6.10 Å². The smallest absolute Gasteiger partial charge is 0.160 e. The van der Waals surface area contributed by atoms with E-state index in [1.54, 1.807) is 20.3 Å². The molecule has 3 nitrogen and oxygen atoms in total. The molecule has 2 rings (SSSR count). The Kier molecular flexibility index (Phi) is 5.32. The van der Waals surface area contributed by atoms with Crippen molar-refractivity contribution in [2.45, 2.75) is 12.5 Å². The highest BCUT2D eigenvalue weighted by Gasteiger charge is 2.15. The van der Waals surface area contributed by atoms with E-state index in [2.05, 4.69) is 15.9 Å². The molecule has 0 aliphatic heterocycles. The Bertz CT molecular complexity index is 581. The third kappa shape index (κ3) is 3.47. The summed E-state index contributed by atoms with van der Waals surface area (Å²) in [5, 5.41) is 10.9. The van der Waals surface area contributed by atoms with Gasteiger partial charge in [0.1, 0.15) is 0 Å². The van der Waals surface area contributed by atoms with E-state index >= 15 is 0 Å². The Morgan fingerprint density at radius 1 is 1.25 bits per heavy atom. The van der Waals surface area contributed by atoms with Gasteiger partial charge >= 0.3 is 0 Å². The molecule has 1 aromatic heterocycles. The van der Waals surface area contributed by atoms with Gasteiger partial charge in [-0.1, -0.05) is 17.7 Å². The molecule has 1 atom stereocenters. The average Bonchev–Trinajstić information content (AvgIpc) is 2.78. The van der Waals surface area contributed by atoms with E-state index in [-0.39, 0.29) is 0 Å². The van der Waals surface area contributed by atoms with Crippen molar-refractivity contribution in [3.8, 4) is 11.5 Å². The molecule has 0 saturated heterocycles. The second-order valence-electron chi connectivity index (χ2n) is 4.18. The quantitative estimate of drug-likeness (QED) is 0.836. The van der Waals surface area contributed by atoms with E-state index in [0.29, 0.717) is 22.9 Å². The van der Waals surface area contributed by atoms with Crippen LogP contribution in [-0.2, 0) is 6.42 Å². The summed E-state index contributed by atoms with van der Waals surface area (Å²) in [6.07, 6.45) is -0.106. The summed E-state index contributed by atoms with van der Waals surface area (Å²) in [6.45, 7) is 0. The molecule has 0 aliphatic carbocycles. The Morgan fingerprint density at radius 2 is 1.95 bits per heavy atom. The normalized spacial score (nSPS) is 12.2. The van der Waals surface area contributed by atoms with Gasteiger partial charge in [-0.3, -0.25) is 0 Å². The van der Waals surface area contributed by atoms with Crippen LogP contribution in [0.5, 0.6) is 11.5 Å². The highest BCUT2D eigenvalue weighted by atomic mass is 79.9. The number of rotatable bonds is 5. The number of thiophene rings is 1. The fraction of sp³-hybridized carbons (Fsp3) is 0.286. The fourth-order valence-corrected chi connectivity index (χ4v) is 3.59. The minimum atomic E-state index is -0.595. The first kappa shape index (κ1) is 15.6. The van der Waals surface area contributed by atoms with Gasteiger partial charge in [0.15, 0.2) is 11.5 Å². The number of halogens is 2. The number of aliphatic hydroxyl groups excluding tert-OH is 1. The molecular formula is C14H14BrClO3S. The SMILES string of the molecule is COc1ccc(CC(O)c2cc(Cl)c(Br)s2)cc1OC. The summed E-state index contributed by atoms with van der Waals surface area (Å²) >= 11 is 10.8. The molecule has 108 valence electrons. The zero-order chi connectivity index (χ0) is 14.7. The van der Waals surface area contributed by atoms with Crippen molar-refractivity contribution in [2.75, 3.05) is 14.2 Å². The molecule has 20 heavy (non-hydrogen) atoms. The molecule has 1 aromatic carbocycles. The van der Waals surface area contributed by atoms with E-state index in [1.807, 2.05) is 18.2 Å². The minimum Gasteiger partial charge on any atom is -0.493 e. The molecule has 0 radical (unpaired) electrons. The first-order valence-corrected chi connectivity index (χ1v) is 7.87. The lowest BCUT2D eigenvalue weighted by Gasteiger charge is -2.12. The van der Waals surface area contributed by atoms with Crippen molar-refractivity contribution < 1.29 is 14.6 Å².